The van der Waals surface area contributed by atoms with Crippen LogP contribution in [0.5, 0.6) is 0 Å². The summed E-state index contributed by atoms with van der Waals surface area (Å²) in [6.45, 7) is 1.81. The van der Waals surface area contributed by atoms with E-state index in [-0.39, 0.29) is 11.7 Å². The van der Waals surface area contributed by atoms with Crippen LogP contribution in [0.2, 0.25) is 0 Å². The van der Waals surface area contributed by atoms with Crippen molar-refractivity contribution in [3.05, 3.63) is 47.5 Å². The zero-order valence-electron chi connectivity index (χ0n) is 11.6. The molecule has 6 heteroatoms. The largest absolute Gasteiger partial charge is 0.324 e. The fourth-order valence-corrected chi connectivity index (χ4v) is 1.97. The summed E-state index contributed by atoms with van der Waals surface area (Å²) in [6, 6.07) is 3.76. The molecular weight excluding hydrogens is 259 g/mol. The zero-order chi connectivity index (χ0) is 14.7. The molecule has 2 N–H and O–H groups in total. The van der Waals surface area contributed by atoms with Crippen molar-refractivity contribution in [1.29, 1.82) is 0 Å². The molecule has 2 aromatic rings. The number of nitrogens with one attached hydrogen (secondary N) is 2. The van der Waals surface area contributed by atoms with Crippen LogP contribution in [0, 0.1) is 12.7 Å². The number of nitrogens with zero attached hydrogens (tertiary/aromatic N) is 2. The number of anilines is 1. The minimum absolute atomic E-state index is 0.255. The van der Waals surface area contributed by atoms with Gasteiger partial charge in [0.1, 0.15) is 11.9 Å². The predicted octanol–water partition coefficient (Wildman–Crippen LogP) is 1.77. The van der Waals surface area contributed by atoms with E-state index in [0.29, 0.717) is 5.69 Å². The summed E-state index contributed by atoms with van der Waals surface area (Å²) in [5, 5.41) is 9.70. The van der Waals surface area contributed by atoms with Gasteiger partial charge in [0.25, 0.3) is 0 Å². The fourth-order valence-electron chi connectivity index (χ4n) is 1.97. The van der Waals surface area contributed by atoms with E-state index in [2.05, 4.69) is 15.7 Å². The van der Waals surface area contributed by atoms with E-state index in [1.165, 1.54) is 12.1 Å². The van der Waals surface area contributed by atoms with E-state index < -0.39 is 6.04 Å². The Morgan fingerprint density at radius 1 is 1.45 bits per heavy atom. The van der Waals surface area contributed by atoms with Gasteiger partial charge >= 0.3 is 0 Å². The Balaban J connectivity index is 2.19. The van der Waals surface area contributed by atoms with Crippen LogP contribution >= 0.6 is 0 Å². The quantitative estimate of drug-likeness (QED) is 0.894. The van der Waals surface area contributed by atoms with Gasteiger partial charge in [-0.1, -0.05) is 6.07 Å². The molecule has 0 bridgehead atoms. The van der Waals surface area contributed by atoms with Crippen LogP contribution in [-0.2, 0) is 11.8 Å². The van der Waals surface area contributed by atoms with Crippen molar-refractivity contribution in [3.8, 4) is 0 Å². The average molecular weight is 276 g/mol. The molecule has 1 aromatic heterocycles. The van der Waals surface area contributed by atoms with Crippen molar-refractivity contribution in [2.45, 2.75) is 13.0 Å². The number of aryl methyl sites for hydroxylation is 2. The Labute approximate surface area is 116 Å². The van der Waals surface area contributed by atoms with E-state index in [4.69, 9.17) is 0 Å². The van der Waals surface area contributed by atoms with E-state index in [1.807, 2.05) is 6.92 Å². The van der Waals surface area contributed by atoms with Crippen molar-refractivity contribution in [2.24, 2.45) is 7.05 Å². The molecule has 0 saturated heterocycles. The summed E-state index contributed by atoms with van der Waals surface area (Å²) in [6.07, 6.45) is 3.39. The number of benzene rings is 1. The molecule has 0 aliphatic heterocycles. The first kappa shape index (κ1) is 14.2. The smallest absolute Gasteiger partial charge is 0.246 e. The number of likely N-dealkylation sites (N-methyl/N-ethyl adjacent to an activating group) is 1. The average Bonchev–Trinajstić information content (AvgIpc) is 2.81. The molecular formula is C14H17FN4O. The fraction of sp³-hybridized carbons (Fsp3) is 0.286. The van der Waals surface area contributed by atoms with Gasteiger partial charge in [-0.15, -0.1) is 0 Å². The molecule has 5 nitrogen and oxygen atoms in total. The van der Waals surface area contributed by atoms with Crippen molar-refractivity contribution in [2.75, 3.05) is 12.4 Å². The van der Waals surface area contributed by atoms with Gasteiger partial charge in [-0.2, -0.15) is 5.10 Å². The maximum Gasteiger partial charge on any atom is 0.246 e. The summed E-state index contributed by atoms with van der Waals surface area (Å²) < 4.78 is 14.9. The molecule has 20 heavy (non-hydrogen) atoms. The summed E-state index contributed by atoms with van der Waals surface area (Å²) in [7, 11) is 3.47. The normalized spacial score (nSPS) is 12.2. The van der Waals surface area contributed by atoms with Gasteiger partial charge in [-0.3, -0.25) is 9.48 Å². The lowest BCUT2D eigenvalue weighted by Gasteiger charge is -2.15. The second-order valence-corrected chi connectivity index (χ2v) is 4.62. The topological polar surface area (TPSA) is 59.0 Å². The van der Waals surface area contributed by atoms with Crippen LogP contribution in [0.3, 0.4) is 0 Å². The van der Waals surface area contributed by atoms with Crippen LogP contribution in [0.15, 0.2) is 30.6 Å². The molecule has 0 saturated carbocycles. The molecule has 106 valence electrons. The summed E-state index contributed by atoms with van der Waals surface area (Å²) >= 11 is 0. The van der Waals surface area contributed by atoms with Gasteiger partial charge < -0.3 is 10.6 Å². The minimum Gasteiger partial charge on any atom is -0.324 e. The number of carbonyl (C=O) groups is 1. The highest BCUT2D eigenvalue weighted by Crippen LogP contribution is 2.19. The standard InChI is InChI=1S/C14H17FN4O/c1-9-4-5-11(15)6-12(9)18-14(20)13(16-2)10-7-17-19(3)8-10/h4-8,13,16H,1-3H3,(H,18,20). The first-order valence-corrected chi connectivity index (χ1v) is 6.24. The highest BCUT2D eigenvalue weighted by molar-refractivity contribution is 5.96. The first-order chi connectivity index (χ1) is 9.51. The van der Waals surface area contributed by atoms with Crippen LogP contribution in [-0.4, -0.2) is 22.7 Å². The number of amides is 1. The van der Waals surface area contributed by atoms with Gasteiger partial charge in [0, 0.05) is 24.5 Å². The lowest BCUT2D eigenvalue weighted by Crippen LogP contribution is -2.30. The molecule has 1 atom stereocenters. The maximum atomic E-state index is 13.2. The third-order valence-corrected chi connectivity index (χ3v) is 3.07. The number of carbonyl (C=O) groups excluding carboxylic acids is 1. The second-order valence-electron chi connectivity index (χ2n) is 4.62. The molecule has 0 aliphatic rings. The number of hydrogen-bond acceptors (Lipinski definition) is 3. The van der Waals surface area contributed by atoms with Crippen LogP contribution in [0.1, 0.15) is 17.2 Å². The SMILES string of the molecule is CNC(C(=O)Nc1cc(F)ccc1C)c1cnn(C)c1. The first-order valence-electron chi connectivity index (χ1n) is 6.24. The molecule has 1 aromatic carbocycles. The van der Waals surface area contributed by atoms with Crippen LogP contribution < -0.4 is 10.6 Å². The van der Waals surface area contributed by atoms with Gasteiger partial charge in [-0.25, -0.2) is 4.39 Å². The Morgan fingerprint density at radius 2 is 2.20 bits per heavy atom. The van der Waals surface area contributed by atoms with E-state index >= 15 is 0 Å². The van der Waals surface area contributed by atoms with Gasteiger partial charge in [0.2, 0.25) is 5.91 Å². The Bertz CT molecular complexity index is 623. The monoisotopic (exact) mass is 276 g/mol. The Kier molecular flexibility index (Phi) is 4.14. The van der Waals surface area contributed by atoms with Gasteiger partial charge in [-0.05, 0) is 31.7 Å². The molecule has 2 rings (SSSR count). The third kappa shape index (κ3) is 3.03. The molecule has 0 aliphatic carbocycles. The van der Waals surface area contributed by atoms with Crippen molar-refractivity contribution in [3.63, 3.8) is 0 Å². The molecule has 0 spiro atoms. The highest BCUT2D eigenvalue weighted by atomic mass is 19.1. The van der Waals surface area contributed by atoms with Crippen LogP contribution in [0.4, 0.5) is 10.1 Å². The number of halogens is 1. The lowest BCUT2D eigenvalue weighted by molar-refractivity contribution is -0.118. The third-order valence-electron chi connectivity index (χ3n) is 3.07. The molecule has 1 heterocycles. The van der Waals surface area contributed by atoms with Crippen molar-refractivity contribution < 1.29 is 9.18 Å². The summed E-state index contributed by atoms with van der Waals surface area (Å²) in [5.41, 5.74) is 2.03. The maximum absolute atomic E-state index is 13.2. The van der Waals surface area contributed by atoms with Gasteiger partial charge in [0.05, 0.1) is 6.20 Å². The molecule has 1 unspecified atom stereocenters. The Morgan fingerprint density at radius 3 is 2.80 bits per heavy atom. The zero-order valence-corrected chi connectivity index (χ0v) is 11.6. The molecule has 0 fully saturated rings. The van der Waals surface area contributed by atoms with E-state index in [0.717, 1.165) is 11.1 Å². The number of hydrogen-bond donors (Lipinski definition) is 2. The van der Waals surface area contributed by atoms with Crippen molar-refractivity contribution >= 4 is 11.6 Å². The summed E-state index contributed by atoms with van der Waals surface area (Å²) in [5.74, 6) is -0.637. The number of rotatable bonds is 4. The highest BCUT2D eigenvalue weighted by Gasteiger charge is 2.20. The minimum atomic E-state index is -0.536. The lowest BCUT2D eigenvalue weighted by atomic mass is 10.1. The van der Waals surface area contributed by atoms with E-state index in [1.54, 1.807) is 37.2 Å². The number of aromatic nitrogens is 2. The second kappa shape index (κ2) is 5.83. The molecule has 0 radical (unpaired) electrons. The predicted molar refractivity (Wildman–Crippen MR) is 74.8 cm³/mol. The van der Waals surface area contributed by atoms with Crippen LogP contribution in [0.25, 0.3) is 0 Å². The molecule has 1 amide bonds. The van der Waals surface area contributed by atoms with E-state index in [9.17, 15) is 9.18 Å². The van der Waals surface area contributed by atoms with Crippen molar-refractivity contribution in [1.82, 2.24) is 15.1 Å². The van der Waals surface area contributed by atoms with Gasteiger partial charge in [0.15, 0.2) is 0 Å². The Hall–Kier alpha value is -2.21. The summed E-state index contributed by atoms with van der Waals surface area (Å²) in [4.78, 5) is 12.3.